The first-order chi connectivity index (χ1) is 10.2. The summed E-state index contributed by atoms with van der Waals surface area (Å²) >= 11 is 0. The van der Waals surface area contributed by atoms with Gasteiger partial charge in [0.25, 0.3) is 11.8 Å². The molecule has 1 amide bonds. The van der Waals surface area contributed by atoms with E-state index in [9.17, 15) is 22.8 Å². The quantitative estimate of drug-likeness (QED) is 0.591. The maximum Gasteiger partial charge on any atom is 0.325 e. The molecule has 1 aromatic carbocycles. The Kier molecular flexibility index (Phi) is 3.06. The van der Waals surface area contributed by atoms with Gasteiger partial charge in [-0.3, -0.25) is 9.59 Å². The number of benzene rings is 1. The van der Waals surface area contributed by atoms with Crippen molar-refractivity contribution >= 4 is 25.2 Å². The molecule has 1 atom stereocenters. The molecule has 1 heterocycles. The van der Waals surface area contributed by atoms with Gasteiger partial charge in [0, 0.05) is 24.1 Å². The van der Waals surface area contributed by atoms with Crippen molar-refractivity contribution in [2.45, 2.75) is 17.8 Å². The molecule has 1 saturated carbocycles. The second kappa shape index (κ2) is 4.50. The number of nitrogens with zero attached hydrogens (tertiary/aromatic N) is 1. The van der Waals surface area contributed by atoms with E-state index in [-0.39, 0.29) is 16.6 Å². The minimum absolute atomic E-state index is 0.181. The van der Waals surface area contributed by atoms with Crippen molar-refractivity contribution in [2.24, 2.45) is 0 Å². The Labute approximate surface area is 125 Å². The van der Waals surface area contributed by atoms with Crippen molar-refractivity contribution in [3.63, 3.8) is 0 Å². The fourth-order valence-electron chi connectivity index (χ4n) is 3.01. The van der Waals surface area contributed by atoms with Gasteiger partial charge in [-0.1, -0.05) is 11.5 Å². The van der Waals surface area contributed by atoms with Gasteiger partial charge in [-0.15, -0.1) is 0 Å². The fourth-order valence-corrected chi connectivity index (χ4v) is 3.01. The van der Waals surface area contributed by atoms with E-state index in [0.29, 0.717) is 0 Å². The van der Waals surface area contributed by atoms with Crippen LogP contribution < -0.4 is 5.46 Å². The van der Waals surface area contributed by atoms with Crippen molar-refractivity contribution in [1.29, 1.82) is 0 Å². The highest BCUT2D eigenvalue weighted by molar-refractivity contribution is 6.32. The molecule has 2 radical (unpaired) electrons. The highest BCUT2D eigenvalue weighted by atomic mass is 19.3. The van der Waals surface area contributed by atoms with Crippen LogP contribution in [0.5, 0.6) is 0 Å². The first kappa shape index (κ1) is 14.9. The van der Waals surface area contributed by atoms with Crippen molar-refractivity contribution in [1.82, 2.24) is 4.90 Å². The van der Waals surface area contributed by atoms with Gasteiger partial charge >= 0.3 is 5.97 Å². The topological polar surface area (TPSA) is 46.6 Å². The lowest BCUT2D eigenvalue weighted by Crippen LogP contribution is -2.49. The molecule has 1 spiro atoms. The van der Waals surface area contributed by atoms with Gasteiger partial charge in [-0.25, -0.2) is 13.2 Å². The molecule has 0 N–H and O–H groups in total. The fraction of sp³-hybridized carbons (Fsp3) is 0.429. The molecule has 1 aliphatic heterocycles. The van der Waals surface area contributed by atoms with E-state index in [0.717, 1.165) is 18.1 Å². The maximum atomic E-state index is 14.3. The second-order valence-corrected chi connectivity index (χ2v) is 5.59. The van der Waals surface area contributed by atoms with Crippen molar-refractivity contribution in [3.8, 4) is 0 Å². The Morgan fingerprint density at radius 2 is 2.09 bits per heavy atom. The average Bonchev–Trinajstić information content (AvgIpc) is 3.00. The summed E-state index contributed by atoms with van der Waals surface area (Å²) < 4.78 is 46.6. The summed E-state index contributed by atoms with van der Waals surface area (Å²) in [6.07, 6.45) is -0.585. The lowest BCUT2D eigenvalue weighted by atomic mass is 9.80. The summed E-state index contributed by atoms with van der Waals surface area (Å²) in [7, 11) is 6.58. The summed E-state index contributed by atoms with van der Waals surface area (Å²) in [6.45, 7) is -0.903. The Bertz CT molecular complexity index is 694. The van der Waals surface area contributed by atoms with Gasteiger partial charge in [0.1, 0.15) is 20.2 Å². The molecule has 0 saturated heterocycles. The number of hydrogen-bond donors (Lipinski definition) is 0. The zero-order valence-electron chi connectivity index (χ0n) is 11.7. The van der Waals surface area contributed by atoms with E-state index >= 15 is 0 Å². The average molecular weight is 309 g/mol. The number of alkyl halides is 2. The molecular formula is C14H11BF3NO3. The molecule has 1 aliphatic carbocycles. The lowest BCUT2D eigenvalue weighted by Gasteiger charge is -2.34. The molecule has 114 valence electrons. The molecule has 22 heavy (non-hydrogen) atoms. The summed E-state index contributed by atoms with van der Waals surface area (Å²) in [6, 6.07) is 2.37. The van der Waals surface area contributed by atoms with Gasteiger partial charge in [0.2, 0.25) is 0 Å². The third kappa shape index (κ3) is 1.86. The highest BCUT2D eigenvalue weighted by Crippen LogP contribution is 2.64. The van der Waals surface area contributed by atoms with Crippen molar-refractivity contribution in [3.05, 3.63) is 29.1 Å². The number of hydrogen-bond acceptors (Lipinski definition) is 3. The van der Waals surface area contributed by atoms with Crippen LogP contribution in [0.4, 0.5) is 13.2 Å². The molecule has 1 aromatic rings. The second-order valence-electron chi connectivity index (χ2n) is 5.59. The maximum absolute atomic E-state index is 14.3. The number of ether oxygens (including phenoxy) is 1. The SMILES string of the molecule is [B]c1ccc2c(c1F)C1(CN(CC(=O)OC)C2=O)CC1(F)F. The number of carbonyl (C=O) groups is 2. The van der Waals surface area contributed by atoms with Crippen LogP contribution in [0.25, 0.3) is 0 Å². The van der Waals surface area contributed by atoms with Crippen LogP contribution in [-0.2, 0) is 14.9 Å². The number of amides is 1. The van der Waals surface area contributed by atoms with Crippen LogP contribution in [0.3, 0.4) is 0 Å². The Morgan fingerprint density at radius 1 is 1.45 bits per heavy atom. The summed E-state index contributed by atoms with van der Waals surface area (Å²) in [4.78, 5) is 24.6. The molecule has 4 nitrogen and oxygen atoms in total. The zero-order valence-corrected chi connectivity index (χ0v) is 11.7. The van der Waals surface area contributed by atoms with E-state index in [4.69, 9.17) is 7.85 Å². The zero-order chi connectivity index (χ0) is 16.3. The molecule has 8 heteroatoms. The molecule has 0 aromatic heterocycles. The monoisotopic (exact) mass is 309 g/mol. The molecule has 0 bridgehead atoms. The largest absolute Gasteiger partial charge is 0.468 e. The first-order valence-electron chi connectivity index (χ1n) is 6.56. The molecule has 1 unspecified atom stereocenters. The smallest absolute Gasteiger partial charge is 0.325 e. The first-order valence-corrected chi connectivity index (χ1v) is 6.56. The van der Waals surface area contributed by atoms with Crippen LogP contribution in [0, 0.1) is 5.82 Å². The number of esters is 1. The predicted molar refractivity (Wildman–Crippen MR) is 70.9 cm³/mol. The van der Waals surface area contributed by atoms with Gasteiger partial charge in [0.15, 0.2) is 0 Å². The third-order valence-corrected chi connectivity index (χ3v) is 4.28. The summed E-state index contributed by atoms with van der Waals surface area (Å²) in [5.74, 6) is -5.55. The molecule has 3 rings (SSSR count). The molecular weight excluding hydrogens is 298 g/mol. The predicted octanol–water partition coefficient (Wildman–Crippen LogP) is 0.525. The Morgan fingerprint density at radius 3 is 2.64 bits per heavy atom. The van der Waals surface area contributed by atoms with E-state index in [1.807, 2.05) is 0 Å². The highest BCUT2D eigenvalue weighted by Gasteiger charge is 2.75. The summed E-state index contributed by atoms with van der Waals surface area (Å²) in [5, 5.41) is 0. The van der Waals surface area contributed by atoms with Gasteiger partial charge < -0.3 is 9.64 Å². The number of methoxy groups -OCH3 is 1. The Balaban J connectivity index is 2.11. The molecule has 2 aliphatic rings. The van der Waals surface area contributed by atoms with Crippen molar-refractivity contribution < 1.29 is 27.5 Å². The van der Waals surface area contributed by atoms with E-state index in [1.165, 1.54) is 6.07 Å². The molecule has 1 fully saturated rings. The van der Waals surface area contributed by atoms with Crippen LogP contribution in [0.2, 0.25) is 0 Å². The van der Waals surface area contributed by atoms with Crippen LogP contribution in [0.1, 0.15) is 22.3 Å². The number of carbonyl (C=O) groups excluding carboxylic acids is 2. The van der Waals surface area contributed by atoms with Gasteiger partial charge in [0.05, 0.1) is 12.5 Å². The van der Waals surface area contributed by atoms with E-state index in [2.05, 4.69) is 4.74 Å². The minimum atomic E-state index is -3.15. The lowest BCUT2D eigenvalue weighted by molar-refractivity contribution is -0.141. The summed E-state index contributed by atoms with van der Waals surface area (Å²) in [5.41, 5.74) is -2.62. The van der Waals surface area contributed by atoms with Crippen LogP contribution >= 0.6 is 0 Å². The normalized spacial score (nSPS) is 25.1. The van der Waals surface area contributed by atoms with E-state index < -0.39 is 48.5 Å². The van der Waals surface area contributed by atoms with Crippen molar-refractivity contribution in [2.75, 3.05) is 20.2 Å². The number of fused-ring (bicyclic) bond motifs is 2. The Hall–Kier alpha value is -1.99. The standard InChI is InChI=1S/C14H11BF3NO3/c1-22-9(20)4-19-6-13(5-14(13,17)18)10-7(12(19)21)2-3-8(15)11(10)16/h2-3H,4-6H2,1H3. The third-order valence-electron chi connectivity index (χ3n) is 4.28. The van der Waals surface area contributed by atoms with E-state index in [1.54, 1.807) is 0 Å². The van der Waals surface area contributed by atoms with Crippen LogP contribution in [-0.4, -0.2) is 50.7 Å². The number of halogens is 3. The van der Waals surface area contributed by atoms with Gasteiger partial charge in [-0.2, -0.15) is 0 Å². The van der Waals surface area contributed by atoms with Crippen LogP contribution in [0.15, 0.2) is 12.1 Å². The minimum Gasteiger partial charge on any atom is -0.468 e. The number of rotatable bonds is 2. The van der Waals surface area contributed by atoms with Gasteiger partial charge in [-0.05, 0) is 6.07 Å².